The number of ether oxygens (including phenoxy) is 1. The van der Waals surface area contributed by atoms with Gasteiger partial charge >= 0.3 is 5.69 Å². The van der Waals surface area contributed by atoms with E-state index in [1.54, 1.807) is 6.92 Å². The summed E-state index contributed by atoms with van der Waals surface area (Å²) in [4.78, 5) is 32.8. The second-order valence-corrected chi connectivity index (χ2v) is 5.16. The molecule has 0 aliphatic rings. The Morgan fingerprint density at radius 1 is 1.16 bits per heavy atom. The van der Waals surface area contributed by atoms with Crippen molar-refractivity contribution in [3.8, 4) is 5.75 Å². The molecule has 0 heterocycles. The number of hydrogen-bond acceptors (Lipinski definition) is 6. The first kappa shape index (κ1) is 18.1. The lowest BCUT2D eigenvalue weighted by molar-refractivity contribution is -0.385. The summed E-state index contributed by atoms with van der Waals surface area (Å²) >= 11 is 5.91. The van der Waals surface area contributed by atoms with Gasteiger partial charge in [-0.3, -0.25) is 25.0 Å². The lowest BCUT2D eigenvalue weighted by atomic mass is 10.1. The highest BCUT2D eigenvalue weighted by molar-refractivity contribution is 6.34. The van der Waals surface area contributed by atoms with Crippen molar-refractivity contribution >= 4 is 34.6 Å². The molecule has 0 bridgehead atoms. The summed E-state index contributed by atoms with van der Waals surface area (Å²) in [5, 5.41) is 24.2. The molecule has 2 aromatic rings. The maximum atomic E-state index is 12.3. The number of nitrogens with zero attached hydrogens (tertiary/aromatic N) is 2. The van der Waals surface area contributed by atoms with Gasteiger partial charge in [-0.2, -0.15) is 0 Å². The minimum absolute atomic E-state index is 0.0181. The number of hydrogen-bond donors (Lipinski definition) is 1. The topological polar surface area (TPSA) is 125 Å². The number of rotatable bonds is 6. The van der Waals surface area contributed by atoms with E-state index in [4.69, 9.17) is 16.3 Å². The Morgan fingerprint density at radius 3 is 2.44 bits per heavy atom. The van der Waals surface area contributed by atoms with E-state index in [1.807, 2.05) is 0 Å². The predicted octanol–water partition coefficient (Wildman–Crippen LogP) is 3.81. The number of nitrogens with one attached hydrogen (secondary N) is 1. The number of carbonyl (C=O) groups excluding carboxylic acids is 1. The normalized spacial score (nSPS) is 10.2. The standard InChI is InChI=1S/C15H12ClN3O6/c1-2-25-14-6-3-9(7-13(14)19(23)24)15(20)17-12-5-4-10(18(21)22)8-11(12)16/h3-8H,2H2,1H3,(H,17,20). The first-order valence-electron chi connectivity index (χ1n) is 7.00. The Balaban J connectivity index is 2.28. The number of benzene rings is 2. The zero-order valence-electron chi connectivity index (χ0n) is 12.9. The molecule has 0 spiro atoms. The van der Waals surface area contributed by atoms with E-state index in [0.717, 1.165) is 12.1 Å². The first-order valence-corrected chi connectivity index (χ1v) is 7.37. The molecule has 0 unspecified atom stereocenters. The van der Waals surface area contributed by atoms with Crippen molar-refractivity contribution in [1.29, 1.82) is 0 Å². The van der Waals surface area contributed by atoms with Crippen LogP contribution in [0.4, 0.5) is 17.1 Å². The maximum Gasteiger partial charge on any atom is 0.311 e. The van der Waals surface area contributed by atoms with Gasteiger partial charge in [-0.15, -0.1) is 0 Å². The highest BCUT2D eigenvalue weighted by atomic mass is 35.5. The summed E-state index contributed by atoms with van der Waals surface area (Å²) in [6, 6.07) is 7.33. The van der Waals surface area contributed by atoms with Gasteiger partial charge in [0.15, 0.2) is 5.75 Å². The monoisotopic (exact) mass is 365 g/mol. The van der Waals surface area contributed by atoms with Crippen LogP contribution in [-0.2, 0) is 0 Å². The van der Waals surface area contributed by atoms with Crippen LogP contribution in [0.25, 0.3) is 0 Å². The summed E-state index contributed by atoms with van der Waals surface area (Å²) < 4.78 is 5.15. The number of carbonyl (C=O) groups is 1. The molecule has 0 atom stereocenters. The van der Waals surface area contributed by atoms with Gasteiger partial charge in [0.05, 0.1) is 27.2 Å². The number of non-ortho nitro benzene ring substituents is 1. The van der Waals surface area contributed by atoms with Crippen LogP contribution in [0.3, 0.4) is 0 Å². The van der Waals surface area contributed by atoms with Crippen molar-refractivity contribution in [3.05, 3.63) is 67.2 Å². The number of nitro benzene ring substituents is 2. The molecular formula is C15H12ClN3O6. The molecule has 25 heavy (non-hydrogen) atoms. The maximum absolute atomic E-state index is 12.3. The predicted molar refractivity (Wildman–Crippen MR) is 90.3 cm³/mol. The molecule has 0 aliphatic heterocycles. The fourth-order valence-corrected chi connectivity index (χ4v) is 2.21. The second kappa shape index (κ2) is 7.58. The van der Waals surface area contributed by atoms with Gasteiger partial charge in [0.1, 0.15) is 0 Å². The average Bonchev–Trinajstić information content (AvgIpc) is 2.56. The van der Waals surface area contributed by atoms with E-state index in [0.29, 0.717) is 0 Å². The quantitative estimate of drug-likeness (QED) is 0.613. The third-order valence-electron chi connectivity index (χ3n) is 3.13. The third-order valence-corrected chi connectivity index (χ3v) is 3.44. The Labute approximate surface area is 146 Å². The van der Waals surface area contributed by atoms with Gasteiger partial charge in [0.2, 0.25) is 0 Å². The van der Waals surface area contributed by atoms with E-state index in [2.05, 4.69) is 5.32 Å². The highest BCUT2D eigenvalue weighted by Gasteiger charge is 2.19. The number of amides is 1. The van der Waals surface area contributed by atoms with Crippen LogP contribution in [0.5, 0.6) is 5.75 Å². The van der Waals surface area contributed by atoms with Crippen molar-refractivity contribution in [2.24, 2.45) is 0 Å². The zero-order chi connectivity index (χ0) is 18.6. The molecule has 1 N–H and O–H groups in total. The van der Waals surface area contributed by atoms with E-state index in [9.17, 15) is 25.0 Å². The second-order valence-electron chi connectivity index (χ2n) is 4.75. The molecule has 9 nitrogen and oxygen atoms in total. The summed E-state index contributed by atoms with van der Waals surface area (Å²) in [6.07, 6.45) is 0. The van der Waals surface area contributed by atoms with Crippen LogP contribution in [-0.4, -0.2) is 22.4 Å². The Hall–Kier alpha value is -3.20. The van der Waals surface area contributed by atoms with Crippen molar-refractivity contribution in [2.75, 3.05) is 11.9 Å². The van der Waals surface area contributed by atoms with Gasteiger partial charge in [-0.1, -0.05) is 11.6 Å². The largest absolute Gasteiger partial charge is 0.487 e. The van der Waals surface area contributed by atoms with Gasteiger partial charge in [0, 0.05) is 23.8 Å². The van der Waals surface area contributed by atoms with E-state index < -0.39 is 15.8 Å². The molecule has 0 radical (unpaired) electrons. The highest BCUT2D eigenvalue weighted by Crippen LogP contribution is 2.30. The van der Waals surface area contributed by atoms with Crippen molar-refractivity contribution in [1.82, 2.24) is 0 Å². The third kappa shape index (κ3) is 4.21. The summed E-state index contributed by atoms with van der Waals surface area (Å²) in [5.41, 5.74) is -0.401. The number of anilines is 1. The minimum atomic E-state index is -0.652. The molecule has 0 fully saturated rings. The summed E-state index contributed by atoms with van der Waals surface area (Å²) in [6.45, 7) is 1.92. The van der Waals surface area contributed by atoms with Crippen molar-refractivity contribution in [2.45, 2.75) is 6.92 Å². The van der Waals surface area contributed by atoms with Gasteiger partial charge in [-0.05, 0) is 25.1 Å². The molecule has 0 aromatic heterocycles. The molecule has 130 valence electrons. The van der Waals surface area contributed by atoms with Gasteiger partial charge in [-0.25, -0.2) is 0 Å². The van der Waals surface area contributed by atoms with Crippen LogP contribution in [0, 0.1) is 20.2 Å². The molecule has 0 aliphatic carbocycles. The van der Waals surface area contributed by atoms with Crippen molar-refractivity contribution in [3.63, 3.8) is 0 Å². The Morgan fingerprint density at radius 2 is 1.88 bits per heavy atom. The molecule has 0 saturated carbocycles. The molecule has 1 amide bonds. The number of halogens is 1. The molecule has 0 saturated heterocycles. The summed E-state index contributed by atoms with van der Waals surface area (Å²) in [5.74, 6) is -0.598. The minimum Gasteiger partial charge on any atom is -0.487 e. The lowest BCUT2D eigenvalue weighted by Crippen LogP contribution is -2.13. The van der Waals surface area contributed by atoms with Crippen LogP contribution >= 0.6 is 11.6 Å². The smallest absolute Gasteiger partial charge is 0.311 e. The van der Waals surface area contributed by atoms with Gasteiger partial charge in [0.25, 0.3) is 11.6 Å². The summed E-state index contributed by atoms with van der Waals surface area (Å²) in [7, 11) is 0. The van der Waals surface area contributed by atoms with Gasteiger partial charge < -0.3 is 10.1 Å². The van der Waals surface area contributed by atoms with Crippen LogP contribution in [0.2, 0.25) is 5.02 Å². The van der Waals surface area contributed by atoms with Crippen LogP contribution in [0.15, 0.2) is 36.4 Å². The Bertz CT molecular complexity index is 855. The van der Waals surface area contributed by atoms with Crippen LogP contribution in [0.1, 0.15) is 17.3 Å². The first-order chi connectivity index (χ1) is 11.8. The van der Waals surface area contributed by atoms with E-state index >= 15 is 0 Å². The fourth-order valence-electron chi connectivity index (χ4n) is 1.99. The average molecular weight is 366 g/mol. The fraction of sp³-hybridized carbons (Fsp3) is 0.133. The lowest BCUT2D eigenvalue weighted by Gasteiger charge is -2.09. The number of nitro groups is 2. The SMILES string of the molecule is CCOc1ccc(C(=O)Nc2ccc([N+](=O)[O-])cc2Cl)cc1[N+](=O)[O-]. The zero-order valence-corrected chi connectivity index (χ0v) is 13.6. The Kier molecular flexibility index (Phi) is 5.50. The van der Waals surface area contributed by atoms with Crippen molar-refractivity contribution < 1.29 is 19.4 Å². The molecule has 10 heteroatoms. The molecule has 2 aromatic carbocycles. The van der Waals surface area contributed by atoms with Crippen LogP contribution < -0.4 is 10.1 Å². The van der Waals surface area contributed by atoms with E-state index in [-0.39, 0.29) is 40.0 Å². The molecule has 2 rings (SSSR count). The van der Waals surface area contributed by atoms with E-state index in [1.165, 1.54) is 24.3 Å². The molecular weight excluding hydrogens is 354 g/mol.